The van der Waals surface area contributed by atoms with Crippen LogP contribution >= 0.6 is 15.9 Å². The molecule has 100 valence electrons. The zero-order chi connectivity index (χ0) is 14.2. The standard InChI is InChI=1S/C11H6BrF3N2O2/c12-7-1-2-9(8(3-7)11(13,14)15)17-5-6(4-16-17)10(18)19/h1-5H,(H,18,19). The molecule has 0 saturated heterocycles. The van der Waals surface area contributed by atoms with Gasteiger partial charge in [0.05, 0.1) is 23.0 Å². The summed E-state index contributed by atoms with van der Waals surface area (Å²) in [7, 11) is 0. The summed E-state index contributed by atoms with van der Waals surface area (Å²) in [5, 5.41) is 12.4. The number of hydrogen-bond acceptors (Lipinski definition) is 2. The minimum absolute atomic E-state index is 0.184. The van der Waals surface area contributed by atoms with Crippen molar-refractivity contribution in [1.29, 1.82) is 0 Å². The monoisotopic (exact) mass is 334 g/mol. The molecule has 2 aromatic rings. The van der Waals surface area contributed by atoms with E-state index >= 15 is 0 Å². The summed E-state index contributed by atoms with van der Waals surface area (Å²) in [6.45, 7) is 0. The zero-order valence-electron chi connectivity index (χ0n) is 9.15. The van der Waals surface area contributed by atoms with Crippen LogP contribution in [0.2, 0.25) is 0 Å². The Morgan fingerprint density at radius 1 is 1.37 bits per heavy atom. The number of benzene rings is 1. The molecule has 0 amide bonds. The van der Waals surface area contributed by atoms with Gasteiger partial charge in [0.15, 0.2) is 0 Å². The molecule has 2 rings (SSSR count). The molecule has 1 N–H and O–H groups in total. The number of carboxylic acids is 1. The van der Waals surface area contributed by atoms with Crippen LogP contribution in [0.4, 0.5) is 13.2 Å². The van der Waals surface area contributed by atoms with Crippen LogP contribution in [0.1, 0.15) is 15.9 Å². The van der Waals surface area contributed by atoms with Crippen LogP contribution in [-0.2, 0) is 6.18 Å². The summed E-state index contributed by atoms with van der Waals surface area (Å²) in [6, 6.07) is 3.55. The topological polar surface area (TPSA) is 55.1 Å². The third-order valence-corrected chi connectivity index (χ3v) is 2.83. The fourth-order valence-corrected chi connectivity index (χ4v) is 1.86. The predicted molar refractivity (Wildman–Crippen MR) is 63.2 cm³/mol. The number of aromatic carboxylic acids is 1. The van der Waals surface area contributed by atoms with Gasteiger partial charge in [-0.25, -0.2) is 9.48 Å². The van der Waals surface area contributed by atoms with Crippen molar-refractivity contribution < 1.29 is 23.1 Å². The van der Waals surface area contributed by atoms with Crippen LogP contribution in [0.3, 0.4) is 0 Å². The first kappa shape index (κ1) is 13.6. The lowest BCUT2D eigenvalue weighted by atomic mass is 10.1. The molecule has 0 aliphatic rings. The fraction of sp³-hybridized carbons (Fsp3) is 0.0909. The normalized spacial score (nSPS) is 11.6. The molecule has 0 spiro atoms. The van der Waals surface area contributed by atoms with Crippen molar-refractivity contribution in [3.8, 4) is 5.69 Å². The van der Waals surface area contributed by atoms with E-state index in [0.29, 0.717) is 0 Å². The van der Waals surface area contributed by atoms with Crippen molar-refractivity contribution in [1.82, 2.24) is 9.78 Å². The van der Waals surface area contributed by atoms with E-state index in [1.807, 2.05) is 0 Å². The predicted octanol–water partition coefficient (Wildman–Crippen LogP) is 3.35. The third-order valence-electron chi connectivity index (χ3n) is 2.34. The Kier molecular flexibility index (Phi) is 3.36. The summed E-state index contributed by atoms with van der Waals surface area (Å²) < 4.78 is 39.9. The summed E-state index contributed by atoms with van der Waals surface area (Å²) in [4.78, 5) is 10.7. The fourth-order valence-electron chi connectivity index (χ4n) is 1.50. The zero-order valence-corrected chi connectivity index (χ0v) is 10.7. The van der Waals surface area contributed by atoms with E-state index in [1.54, 1.807) is 0 Å². The number of aromatic nitrogens is 2. The maximum absolute atomic E-state index is 12.9. The Bertz CT molecular complexity index is 637. The molecule has 19 heavy (non-hydrogen) atoms. The van der Waals surface area contributed by atoms with Gasteiger partial charge < -0.3 is 5.11 Å². The largest absolute Gasteiger partial charge is 0.478 e. The Labute approximate surface area is 113 Å². The SMILES string of the molecule is O=C(O)c1cnn(-c2ccc(Br)cc2C(F)(F)F)c1. The van der Waals surface area contributed by atoms with Crippen LogP contribution in [0.15, 0.2) is 35.1 Å². The summed E-state index contributed by atoms with van der Waals surface area (Å²) in [6.07, 6.45) is -2.54. The van der Waals surface area contributed by atoms with Gasteiger partial charge in [-0.3, -0.25) is 0 Å². The lowest BCUT2D eigenvalue weighted by Crippen LogP contribution is -2.11. The third kappa shape index (κ3) is 2.78. The van der Waals surface area contributed by atoms with Crippen LogP contribution in [0, 0.1) is 0 Å². The van der Waals surface area contributed by atoms with E-state index in [2.05, 4.69) is 21.0 Å². The molecular formula is C11H6BrF3N2O2. The average Bonchev–Trinajstić information content (AvgIpc) is 2.77. The van der Waals surface area contributed by atoms with Crippen LogP contribution in [0.25, 0.3) is 5.69 Å². The smallest absolute Gasteiger partial charge is 0.418 e. The molecule has 0 fully saturated rings. The molecule has 0 radical (unpaired) electrons. The maximum Gasteiger partial charge on any atom is 0.418 e. The number of hydrogen-bond donors (Lipinski definition) is 1. The lowest BCUT2D eigenvalue weighted by molar-refractivity contribution is -0.137. The van der Waals surface area contributed by atoms with Crippen molar-refractivity contribution in [2.45, 2.75) is 6.18 Å². The van der Waals surface area contributed by atoms with E-state index in [1.165, 1.54) is 12.1 Å². The van der Waals surface area contributed by atoms with Crippen molar-refractivity contribution >= 4 is 21.9 Å². The van der Waals surface area contributed by atoms with E-state index in [-0.39, 0.29) is 15.7 Å². The highest BCUT2D eigenvalue weighted by Crippen LogP contribution is 2.35. The van der Waals surface area contributed by atoms with Gasteiger partial charge in [0.2, 0.25) is 0 Å². The number of rotatable bonds is 2. The van der Waals surface area contributed by atoms with Crippen molar-refractivity contribution in [3.05, 3.63) is 46.2 Å². The number of carboxylic acid groups (broad SMARTS) is 1. The number of halogens is 4. The average molecular weight is 335 g/mol. The van der Waals surface area contributed by atoms with Gasteiger partial charge in [0.1, 0.15) is 0 Å². The first-order valence-corrected chi connectivity index (χ1v) is 5.73. The summed E-state index contributed by atoms with van der Waals surface area (Å²) in [5.74, 6) is -1.25. The molecule has 0 atom stereocenters. The van der Waals surface area contributed by atoms with E-state index < -0.39 is 17.7 Å². The van der Waals surface area contributed by atoms with E-state index in [0.717, 1.165) is 23.1 Å². The molecule has 1 heterocycles. The molecular weight excluding hydrogens is 329 g/mol. The lowest BCUT2D eigenvalue weighted by Gasteiger charge is -2.13. The van der Waals surface area contributed by atoms with E-state index in [9.17, 15) is 18.0 Å². The molecule has 0 bridgehead atoms. The second-order valence-electron chi connectivity index (χ2n) is 3.64. The number of alkyl halides is 3. The van der Waals surface area contributed by atoms with Crippen LogP contribution in [-0.4, -0.2) is 20.9 Å². The molecule has 1 aromatic heterocycles. The number of carbonyl (C=O) groups is 1. The van der Waals surface area contributed by atoms with Crippen LogP contribution < -0.4 is 0 Å². The first-order chi connectivity index (χ1) is 8.79. The molecule has 4 nitrogen and oxygen atoms in total. The van der Waals surface area contributed by atoms with Gasteiger partial charge in [0.25, 0.3) is 0 Å². The quantitative estimate of drug-likeness (QED) is 0.916. The Morgan fingerprint density at radius 3 is 2.58 bits per heavy atom. The minimum atomic E-state index is -4.56. The maximum atomic E-state index is 12.9. The Morgan fingerprint density at radius 2 is 2.05 bits per heavy atom. The molecule has 0 unspecified atom stereocenters. The molecule has 1 aromatic carbocycles. The second-order valence-corrected chi connectivity index (χ2v) is 4.55. The highest BCUT2D eigenvalue weighted by Gasteiger charge is 2.34. The Balaban J connectivity index is 2.58. The highest BCUT2D eigenvalue weighted by molar-refractivity contribution is 9.10. The van der Waals surface area contributed by atoms with Gasteiger partial charge in [-0.15, -0.1) is 0 Å². The minimum Gasteiger partial charge on any atom is -0.478 e. The van der Waals surface area contributed by atoms with Crippen LogP contribution in [0.5, 0.6) is 0 Å². The van der Waals surface area contributed by atoms with Gasteiger partial charge in [0, 0.05) is 10.7 Å². The van der Waals surface area contributed by atoms with E-state index in [4.69, 9.17) is 5.11 Å². The van der Waals surface area contributed by atoms with Gasteiger partial charge in [-0.2, -0.15) is 18.3 Å². The Hall–Kier alpha value is -1.83. The van der Waals surface area contributed by atoms with Crippen molar-refractivity contribution in [2.75, 3.05) is 0 Å². The second kappa shape index (κ2) is 4.69. The summed E-state index contributed by atoms with van der Waals surface area (Å²) in [5.41, 5.74) is -1.32. The van der Waals surface area contributed by atoms with Crippen molar-refractivity contribution in [3.63, 3.8) is 0 Å². The van der Waals surface area contributed by atoms with Crippen molar-refractivity contribution in [2.24, 2.45) is 0 Å². The highest BCUT2D eigenvalue weighted by atomic mass is 79.9. The summed E-state index contributed by atoms with van der Waals surface area (Å²) >= 11 is 2.97. The first-order valence-electron chi connectivity index (χ1n) is 4.94. The van der Waals surface area contributed by atoms with Gasteiger partial charge >= 0.3 is 12.1 Å². The molecule has 8 heteroatoms. The molecule has 0 aliphatic carbocycles. The molecule has 0 aliphatic heterocycles. The molecule has 0 saturated carbocycles. The van der Waals surface area contributed by atoms with Gasteiger partial charge in [-0.05, 0) is 18.2 Å². The number of nitrogens with zero attached hydrogens (tertiary/aromatic N) is 2. The van der Waals surface area contributed by atoms with Gasteiger partial charge in [-0.1, -0.05) is 15.9 Å².